The molecule has 2 nitrogen and oxygen atoms in total. The van der Waals surface area contributed by atoms with Gasteiger partial charge < -0.3 is 9.47 Å². The average Bonchev–Trinajstić information content (AvgIpc) is 2.18. The van der Waals surface area contributed by atoms with Crippen LogP contribution in [-0.2, 0) is 0 Å². The topological polar surface area (TPSA) is 18.5 Å². The molecule has 0 atom stereocenters. The summed E-state index contributed by atoms with van der Waals surface area (Å²) in [6.07, 6.45) is 1.97. The van der Waals surface area contributed by atoms with Crippen molar-refractivity contribution < 1.29 is 9.47 Å². The summed E-state index contributed by atoms with van der Waals surface area (Å²) in [5.41, 5.74) is 1.02. The Morgan fingerprint density at radius 3 is 2.54 bits per heavy atom. The van der Waals surface area contributed by atoms with Gasteiger partial charge in [0, 0.05) is 5.56 Å². The molecule has 1 aromatic rings. The highest BCUT2D eigenvalue weighted by Crippen LogP contribution is 2.25. The van der Waals surface area contributed by atoms with Crippen LogP contribution in [0.4, 0.5) is 0 Å². The lowest BCUT2D eigenvalue weighted by atomic mass is 10.2. The van der Waals surface area contributed by atoms with Gasteiger partial charge >= 0.3 is 0 Å². The Labute approximate surface area is 91.7 Å². The van der Waals surface area contributed by atoms with E-state index in [2.05, 4.69) is 22.6 Å². The Bertz CT molecular complexity index is 308. The first-order valence-electron chi connectivity index (χ1n) is 3.80. The van der Waals surface area contributed by atoms with Gasteiger partial charge in [-0.2, -0.15) is 0 Å². The Kier molecular flexibility index (Phi) is 4.08. The molecular weight excluding hydrogens is 279 g/mol. The largest absolute Gasteiger partial charge is 0.497 e. The third-order valence-electron chi connectivity index (χ3n) is 1.68. The number of halogens is 1. The molecule has 0 saturated heterocycles. The molecule has 70 valence electrons. The van der Waals surface area contributed by atoms with Crippen molar-refractivity contribution in [3.63, 3.8) is 0 Å². The molecule has 0 saturated carbocycles. The van der Waals surface area contributed by atoms with Gasteiger partial charge in [0.15, 0.2) is 0 Å². The molecule has 0 aliphatic heterocycles. The van der Waals surface area contributed by atoms with E-state index in [4.69, 9.17) is 9.47 Å². The van der Waals surface area contributed by atoms with E-state index in [-0.39, 0.29) is 0 Å². The maximum Gasteiger partial charge on any atom is 0.126 e. The summed E-state index contributed by atoms with van der Waals surface area (Å²) in [7, 11) is 3.31. The molecule has 0 heterocycles. The summed E-state index contributed by atoms with van der Waals surface area (Å²) in [6, 6.07) is 5.71. The van der Waals surface area contributed by atoms with Crippen LogP contribution in [0.3, 0.4) is 0 Å². The van der Waals surface area contributed by atoms with Crippen molar-refractivity contribution in [1.82, 2.24) is 0 Å². The van der Waals surface area contributed by atoms with Gasteiger partial charge in [0.1, 0.15) is 11.5 Å². The van der Waals surface area contributed by atoms with E-state index in [9.17, 15) is 0 Å². The summed E-state index contributed by atoms with van der Waals surface area (Å²) in [5.74, 6) is 1.69. The van der Waals surface area contributed by atoms with Gasteiger partial charge in [-0.1, -0.05) is 22.6 Å². The fourth-order valence-electron chi connectivity index (χ4n) is 1.04. The Morgan fingerprint density at radius 2 is 2.00 bits per heavy atom. The first-order valence-corrected chi connectivity index (χ1v) is 5.05. The number of hydrogen-bond donors (Lipinski definition) is 0. The smallest absolute Gasteiger partial charge is 0.126 e. The second-order valence-corrected chi connectivity index (χ2v) is 3.12. The molecule has 0 N–H and O–H groups in total. The average molecular weight is 290 g/mol. The second-order valence-electron chi connectivity index (χ2n) is 2.40. The van der Waals surface area contributed by atoms with Crippen molar-refractivity contribution >= 4 is 28.7 Å². The molecule has 0 aromatic heterocycles. The van der Waals surface area contributed by atoms with E-state index in [0.29, 0.717) is 0 Å². The standard InChI is InChI=1S/C10H11IO2/c1-12-9-3-4-10(13-2)8(7-9)5-6-11/h3-7H,1-2H3. The Balaban J connectivity index is 3.09. The first kappa shape index (κ1) is 10.4. The quantitative estimate of drug-likeness (QED) is 0.796. The molecule has 0 fully saturated rings. The first-order chi connectivity index (χ1) is 6.31. The summed E-state index contributed by atoms with van der Waals surface area (Å²) >= 11 is 2.17. The van der Waals surface area contributed by atoms with Gasteiger partial charge in [0.05, 0.1) is 14.2 Å². The molecule has 1 aromatic carbocycles. The van der Waals surface area contributed by atoms with E-state index in [1.165, 1.54) is 0 Å². The highest BCUT2D eigenvalue weighted by Gasteiger charge is 2.00. The number of benzene rings is 1. The van der Waals surface area contributed by atoms with Crippen LogP contribution in [0.5, 0.6) is 11.5 Å². The number of methoxy groups -OCH3 is 2. The number of rotatable bonds is 3. The zero-order valence-electron chi connectivity index (χ0n) is 7.58. The predicted molar refractivity (Wildman–Crippen MR) is 62.6 cm³/mol. The van der Waals surface area contributed by atoms with Gasteiger partial charge in [-0.15, -0.1) is 0 Å². The van der Waals surface area contributed by atoms with Crippen LogP contribution < -0.4 is 9.47 Å². The van der Waals surface area contributed by atoms with E-state index in [0.717, 1.165) is 17.1 Å². The fraction of sp³-hybridized carbons (Fsp3) is 0.200. The van der Waals surface area contributed by atoms with Crippen LogP contribution in [0.15, 0.2) is 22.3 Å². The zero-order valence-corrected chi connectivity index (χ0v) is 9.74. The van der Waals surface area contributed by atoms with E-state index >= 15 is 0 Å². The SMILES string of the molecule is COc1ccc(OC)c(C=CI)c1. The molecule has 0 bridgehead atoms. The minimum Gasteiger partial charge on any atom is -0.497 e. The van der Waals surface area contributed by atoms with E-state index < -0.39 is 0 Å². The lowest BCUT2D eigenvalue weighted by Crippen LogP contribution is -1.88. The summed E-state index contributed by atoms with van der Waals surface area (Å²) in [4.78, 5) is 0. The third kappa shape index (κ3) is 2.62. The maximum atomic E-state index is 5.19. The summed E-state index contributed by atoms with van der Waals surface area (Å²) in [5, 5.41) is 0. The van der Waals surface area contributed by atoms with Crippen LogP contribution in [-0.4, -0.2) is 14.2 Å². The molecule has 0 spiro atoms. The molecule has 0 aliphatic rings. The van der Waals surface area contributed by atoms with Crippen molar-refractivity contribution in [3.8, 4) is 11.5 Å². The van der Waals surface area contributed by atoms with Crippen LogP contribution in [0.25, 0.3) is 6.08 Å². The van der Waals surface area contributed by atoms with Crippen molar-refractivity contribution in [2.24, 2.45) is 0 Å². The van der Waals surface area contributed by atoms with Gasteiger partial charge in [0.25, 0.3) is 0 Å². The summed E-state index contributed by atoms with van der Waals surface area (Å²) < 4.78 is 12.2. The van der Waals surface area contributed by atoms with Crippen LogP contribution in [0, 0.1) is 0 Å². The van der Waals surface area contributed by atoms with Gasteiger partial charge in [0.2, 0.25) is 0 Å². The normalized spacial score (nSPS) is 10.4. The van der Waals surface area contributed by atoms with Crippen LogP contribution in [0.1, 0.15) is 5.56 Å². The monoisotopic (exact) mass is 290 g/mol. The third-order valence-corrected chi connectivity index (χ3v) is 2.04. The number of hydrogen-bond acceptors (Lipinski definition) is 2. The highest BCUT2D eigenvalue weighted by molar-refractivity contribution is 14.1. The van der Waals surface area contributed by atoms with Crippen LogP contribution in [0.2, 0.25) is 0 Å². The molecule has 3 heteroatoms. The Morgan fingerprint density at radius 1 is 1.23 bits per heavy atom. The molecule has 13 heavy (non-hydrogen) atoms. The van der Waals surface area contributed by atoms with Crippen molar-refractivity contribution in [1.29, 1.82) is 0 Å². The van der Waals surface area contributed by atoms with Gasteiger partial charge in [-0.05, 0) is 28.4 Å². The lowest BCUT2D eigenvalue weighted by molar-refractivity contribution is 0.402. The molecule has 0 amide bonds. The maximum absolute atomic E-state index is 5.19. The minimum atomic E-state index is 0.838. The summed E-state index contributed by atoms with van der Waals surface area (Å²) in [6.45, 7) is 0. The van der Waals surface area contributed by atoms with Crippen molar-refractivity contribution in [2.45, 2.75) is 0 Å². The molecular formula is C10H11IO2. The molecule has 0 aliphatic carbocycles. The second kappa shape index (κ2) is 5.11. The lowest BCUT2D eigenvalue weighted by Gasteiger charge is -2.06. The van der Waals surface area contributed by atoms with E-state index in [1.807, 2.05) is 28.4 Å². The van der Waals surface area contributed by atoms with Crippen molar-refractivity contribution in [3.05, 3.63) is 27.8 Å². The molecule has 1 rings (SSSR count). The van der Waals surface area contributed by atoms with Crippen molar-refractivity contribution in [2.75, 3.05) is 14.2 Å². The highest BCUT2D eigenvalue weighted by atomic mass is 127. The molecule has 0 unspecified atom stereocenters. The van der Waals surface area contributed by atoms with E-state index in [1.54, 1.807) is 14.2 Å². The van der Waals surface area contributed by atoms with Gasteiger partial charge in [-0.25, -0.2) is 0 Å². The predicted octanol–water partition coefficient (Wildman–Crippen LogP) is 3.11. The van der Waals surface area contributed by atoms with Crippen LogP contribution >= 0.6 is 22.6 Å². The minimum absolute atomic E-state index is 0.838. The number of ether oxygens (including phenoxy) is 2. The van der Waals surface area contributed by atoms with Gasteiger partial charge in [-0.3, -0.25) is 0 Å². The fourth-order valence-corrected chi connectivity index (χ4v) is 1.42. The zero-order chi connectivity index (χ0) is 9.68. The molecule has 0 radical (unpaired) electrons. The Hall–Kier alpha value is -0.710.